The Kier molecular flexibility index (Phi) is 4.93. The van der Waals surface area contributed by atoms with Gasteiger partial charge in [0.25, 0.3) is 0 Å². The summed E-state index contributed by atoms with van der Waals surface area (Å²) in [7, 11) is 0. The molecule has 120 valence electrons. The van der Waals surface area contributed by atoms with Gasteiger partial charge in [-0.05, 0) is 49.8 Å². The van der Waals surface area contributed by atoms with Crippen molar-refractivity contribution in [2.24, 2.45) is 0 Å². The van der Waals surface area contributed by atoms with E-state index in [4.69, 9.17) is 4.74 Å². The molecule has 22 heavy (non-hydrogen) atoms. The van der Waals surface area contributed by atoms with Crippen molar-refractivity contribution in [2.45, 2.75) is 44.2 Å². The van der Waals surface area contributed by atoms with E-state index in [1.807, 2.05) is 11.0 Å². The zero-order valence-electron chi connectivity index (χ0n) is 12.8. The second-order valence-electron chi connectivity index (χ2n) is 6.16. The predicted molar refractivity (Wildman–Crippen MR) is 82.2 cm³/mol. The molecule has 2 heterocycles. The van der Waals surface area contributed by atoms with Crippen molar-refractivity contribution in [1.29, 1.82) is 0 Å². The van der Waals surface area contributed by atoms with Gasteiger partial charge in [-0.3, -0.25) is 0 Å². The first-order valence-electron chi connectivity index (χ1n) is 8.12. The number of benzene rings is 1. The number of rotatable bonds is 3. The fraction of sp³-hybridized carbons (Fsp3) is 0.588. The Labute approximate surface area is 130 Å². The van der Waals surface area contributed by atoms with Crippen molar-refractivity contribution in [1.82, 2.24) is 10.2 Å². The topological polar surface area (TPSA) is 41.6 Å². The number of hydrogen-bond acceptors (Lipinski definition) is 2. The Morgan fingerprint density at radius 1 is 1.32 bits per heavy atom. The van der Waals surface area contributed by atoms with Crippen molar-refractivity contribution >= 4 is 6.03 Å². The number of nitrogens with one attached hydrogen (secondary N) is 1. The molecule has 1 N–H and O–H groups in total. The van der Waals surface area contributed by atoms with Crippen LogP contribution in [0.4, 0.5) is 9.18 Å². The molecule has 4 nitrogen and oxygen atoms in total. The zero-order chi connectivity index (χ0) is 15.4. The van der Waals surface area contributed by atoms with Crippen molar-refractivity contribution in [3.63, 3.8) is 0 Å². The van der Waals surface area contributed by atoms with E-state index in [1.54, 1.807) is 12.1 Å². The molecule has 0 bridgehead atoms. The summed E-state index contributed by atoms with van der Waals surface area (Å²) in [6.07, 6.45) is 4.49. The molecule has 0 spiro atoms. The van der Waals surface area contributed by atoms with E-state index < -0.39 is 0 Å². The molecule has 2 fully saturated rings. The van der Waals surface area contributed by atoms with E-state index in [-0.39, 0.29) is 23.9 Å². The van der Waals surface area contributed by atoms with Gasteiger partial charge in [0.05, 0.1) is 0 Å². The molecule has 5 heteroatoms. The van der Waals surface area contributed by atoms with Gasteiger partial charge < -0.3 is 15.0 Å². The number of carbonyl (C=O) groups is 1. The molecule has 0 saturated carbocycles. The molecular formula is C17H23FN2O2. The van der Waals surface area contributed by atoms with Gasteiger partial charge in [-0.25, -0.2) is 9.18 Å². The first-order chi connectivity index (χ1) is 10.7. The van der Waals surface area contributed by atoms with Crippen LogP contribution >= 0.6 is 0 Å². The second kappa shape index (κ2) is 7.09. The van der Waals surface area contributed by atoms with E-state index in [0.717, 1.165) is 57.4 Å². The summed E-state index contributed by atoms with van der Waals surface area (Å²) in [6, 6.07) is 7.08. The maximum Gasteiger partial charge on any atom is 0.317 e. The minimum Gasteiger partial charge on any atom is -0.381 e. The van der Waals surface area contributed by atoms with Crippen LogP contribution in [0, 0.1) is 5.82 Å². The highest BCUT2D eigenvalue weighted by atomic mass is 19.1. The lowest BCUT2D eigenvalue weighted by molar-refractivity contribution is 0.0778. The Morgan fingerprint density at radius 3 is 2.91 bits per heavy atom. The number of halogens is 1. The third-order valence-corrected chi connectivity index (χ3v) is 4.55. The van der Waals surface area contributed by atoms with Gasteiger partial charge >= 0.3 is 6.03 Å². The Bertz CT molecular complexity index is 517. The predicted octanol–water partition coefficient (Wildman–Crippen LogP) is 2.72. The van der Waals surface area contributed by atoms with Crippen LogP contribution in [0.3, 0.4) is 0 Å². The monoisotopic (exact) mass is 306 g/mol. The van der Waals surface area contributed by atoms with Crippen LogP contribution in [-0.4, -0.2) is 42.8 Å². The van der Waals surface area contributed by atoms with Crippen molar-refractivity contribution < 1.29 is 13.9 Å². The van der Waals surface area contributed by atoms with Gasteiger partial charge in [0.2, 0.25) is 0 Å². The number of ether oxygens (including phenoxy) is 1. The molecule has 0 aliphatic carbocycles. The maximum absolute atomic E-state index is 13.3. The molecule has 0 unspecified atom stereocenters. The summed E-state index contributed by atoms with van der Waals surface area (Å²) >= 11 is 0. The summed E-state index contributed by atoms with van der Waals surface area (Å²) in [5.74, 6) is -0.214. The minimum absolute atomic E-state index is 0.0193. The molecule has 1 aromatic carbocycles. The van der Waals surface area contributed by atoms with E-state index in [2.05, 4.69) is 5.32 Å². The standard InChI is InChI=1S/C17H23FN2O2/c18-14-4-1-3-13(11-14)12-16-5-2-8-20(16)17(21)19-15-6-9-22-10-7-15/h1,3-4,11,15-16H,2,5-10,12H2,(H,19,21)/t16-/m1/s1. The third-order valence-electron chi connectivity index (χ3n) is 4.55. The van der Waals surface area contributed by atoms with Crippen LogP contribution in [0.25, 0.3) is 0 Å². The first kappa shape index (κ1) is 15.3. The summed E-state index contributed by atoms with van der Waals surface area (Å²) in [4.78, 5) is 14.4. The van der Waals surface area contributed by atoms with E-state index in [9.17, 15) is 9.18 Å². The Morgan fingerprint density at radius 2 is 2.14 bits per heavy atom. The van der Waals surface area contributed by atoms with Gasteiger partial charge in [-0.15, -0.1) is 0 Å². The van der Waals surface area contributed by atoms with Crippen LogP contribution in [0.2, 0.25) is 0 Å². The molecule has 0 aromatic heterocycles. The molecule has 2 amide bonds. The van der Waals surface area contributed by atoms with E-state index >= 15 is 0 Å². The fourth-order valence-electron chi connectivity index (χ4n) is 3.35. The summed E-state index contributed by atoms with van der Waals surface area (Å²) in [6.45, 7) is 2.23. The van der Waals surface area contributed by atoms with Gasteiger partial charge in [0, 0.05) is 31.8 Å². The highest BCUT2D eigenvalue weighted by Crippen LogP contribution is 2.22. The average molecular weight is 306 g/mol. The number of amides is 2. The SMILES string of the molecule is O=C(NC1CCOCC1)N1CCC[C@@H]1Cc1cccc(F)c1. The number of nitrogens with zero attached hydrogens (tertiary/aromatic N) is 1. The highest BCUT2D eigenvalue weighted by molar-refractivity contribution is 5.75. The van der Waals surface area contributed by atoms with Gasteiger partial charge in [0.15, 0.2) is 0 Å². The highest BCUT2D eigenvalue weighted by Gasteiger charge is 2.30. The molecule has 2 aliphatic heterocycles. The first-order valence-corrected chi connectivity index (χ1v) is 8.12. The molecule has 3 rings (SSSR count). The lowest BCUT2D eigenvalue weighted by Gasteiger charge is -2.29. The summed E-state index contributed by atoms with van der Waals surface area (Å²) in [5, 5.41) is 3.12. The van der Waals surface area contributed by atoms with Crippen LogP contribution in [-0.2, 0) is 11.2 Å². The minimum atomic E-state index is -0.214. The number of carbonyl (C=O) groups excluding carboxylic acids is 1. The molecular weight excluding hydrogens is 283 g/mol. The lowest BCUT2D eigenvalue weighted by atomic mass is 10.0. The lowest BCUT2D eigenvalue weighted by Crippen LogP contribution is -2.48. The molecule has 0 radical (unpaired) electrons. The summed E-state index contributed by atoms with van der Waals surface area (Å²) in [5.41, 5.74) is 0.954. The molecule has 1 atom stereocenters. The normalized spacial score (nSPS) is 22.8. The smallest absolute Gasteiger partial charge is 0.317 e. The van der Waals surface area contributed by atoms with E-state index in [1.165, 1.54) is 6.07 Å². The third kappa shape index (κ3) is 3.77. The largest absolute Gasteiger partial charge is 0.381 e. The number of urea groups is 1. The number of hydrogen-bond donors (Lipinski definition) is 1. The van der Waals surface area contributed by atoms with Crippen molar-refractivity contribution in [3.05, 3.63) is 35.6 Å². The van der Waals surface area contributed by atoms with Crippen LogP contribution in [0.1, 0.15) is 31.2 Å². The van der Waals surface area contributed by atoms with Crippen LogP contribution in [0.15, 0.2) is 24.3 Å². The second-order valence-corrected chi connectivity index (χ2v) is 6.16. The van der Waals surface area contributed by atoms with Crippen molar-refractivity contribution in [2.75, 3.05) is 19.8 Å². The Hall–Kier alpha value is -1.62. The van der Waals surface area contributed by atoms with Crippen LogP contribution < -0.4 is 5.32 Å². The molecule has 2 saturated heterocycles. The number of likely N-dealkylation sites (tertiary alicyclic amines) is 1. The molecule has 1 aromatic rings. The quantitative estimate of drug-likeness (QED) is 0.933. The zero-order valence-corrected chi connectivity index (χ0v) is 12.8. The summed E-state index contributed by atoms with van der Waals surface area (Å²) < 4.78 is 18.6. The van der Waals surface area contributed by atoms with Crippen LogP contribution in [0.5, 0.6) is 0 Å². The molecule has 2 aliphatic rings. The van der Waals surface area contributed by atoms with Gasteiger partial charge in [-0.1, -0.05) is 12.1 Å². The van der Waals surface area contributed by atoms with E-state index in [0.29, 0.717) is 0 Å². The van der Waals surface area contributed by atoms with Gasteiger partial charge in [-0.2, -0.15) is 0 Å². The van der Waals surface area contributed by atoms with Crippen molar-refractivity contribution in [3.8, 4) is 0 Å². The maximum atomic E-state index is 13.3. The Balaban J connectivity index is 1.58. The van der Waals surface area contributed by atoms with Gasteiger partial charge in [0.1, 0.15) is 5.82 Å². The fourth-order valence-corrected chi connectivity index (χ4v) is 3.35. The average Bonchev–Trinajstić information content (AvgIpc) is 2.96.